The van der Waals surface area contributed by atoms with Crippen LogP contribution in [0.4, 0.5) is 0 Å². The van der Waals surface area contributed by atoms with Crippen LogP contribution in [0.2, 0.25) is 0 Å². The summed E-state index contributed by atoms with van der Waals surface area (Å²) in [7, 11) is 0. The molecule has 0 fully saturated rings. The lowest BCUT2D eigenvalue weighted by Gasteiger charge is -2.43. The molecule has 88 valence electrons. The molecule has 0 spiro atoms. The number of aliphatic carboxylic acids is 1. The highest BCUT2D eigenvalue weighted by Crippen LogP contribution is 2.41. The fourth-order valence-electron chi connectivity index (χ4n) is 1.65. The molecule has 0 aromatic heterocycles. The maximum Gasteiger partial charge on any atom is 0.115 e. The van der Waals surface area contributed by atoms with E-state index in [0.717, 1.165) is 0 Å². The van der Waals surface area contributed by atoms with Crippen molar-refractivity contribution in [3.05, 3.63) is 29.8 Å². The van der Waals surface area contributed by atoms with E-state index in [1.807, 2.05) is 20.8 Å². The Morgan fingerprint density at radius 3 is 1.88 bits per heavy atom. The molecule has 1 N–H and O–H groups in total. The summed E-state index contributed by atoms with van der Waals surface area (Å²) in [5.41, 5.74) is -0.915. The van der Waals surface area contributed by atoms with E-state index in [9.17, 15) is 15.0 Å². The average molecular weight is 221 g/mol. The Balaban J connectivity index is 3.34. The smallest absolute Gasteiger partial charge is 0.115 e. The minimum Gasteiger partial charge on any atom is -0.549 e. The molecule has 16 heavy (non-hydrogen) atoms. The molecule has 0 aliphatic heterocycles. The van der Waals surface area contributed by atoms with Gasteiger partial charge in [-0.3, -0.25) is 0 Å². The van der Waals surface area contributed by atoms with Gasteiger partial charge in [0.15, 0.2) is 0 Å². The molecular weight excluding hydrogens is 204 g/mol. The SMILES string of the molecule is CC(C)(C)C(C)(C(=O)[O-])c1ccc(O)cc1. The Morgan fingerprint density at radius 2 is 1.56 bits per heavy atom. The highest BCUT2D eigenvalue weighted by atomic mass is 16.4. The molecule has 1 unspecified atom stereocenters. The molecular formula is C13H17O3-. The standard InChI is InChI=1S/C13H18O3/c1-12(2,3)13(4,11(15)16)9-5-7-10(14)8-6-9/h5-8,14H,1-4H3,(H,15,16)/p-1. The second kappa shape index (κ2) is 3.81. The maximum atomic E-state index is 11.4. The number of carboxylic acids is 1. The summed E-state index contributed by atoms with van der Waals surface area (Å²) < 4.78 is 0. The molecule has 0 aliphatic carbocycles. The van der Waals surface area contributed by atoms with Gasteiger partial charge in [0.05, 0.1) is 5.97 Å². The number of phenolic OH excluding ortho intramolecular Hbond substituents is 1. The average Bonchev–Trinajstić information content (AvgIpc) is 2.15. The van der Waals surface area contributed by atoms with Gasteiger partial charge in [0.1, 0.15) is 5.75 Å². The maximum absolute atomic E-state index is 11.4. The van der Waals surface area contributed by atoms with Crippen molar-refractivity contribution in [1.82, 2.24) is 0 Å². The summed E-state index contributed by atoms with van der Waals surface area (Å²) in [6.07, 6.45) is 0. The van der Waals surface area contributed by atoms with E-state index in [1.54, 1.807) is 19.1 Å². The molecule has 0 bridgehead atoms. The minimum atomic E-state index is -1.11. The third-order valence-corrected chi connectivity index (χ3v) is 3.35. The number of carbonyl (C=O) groups is 1. The lowest BCUT2D eigenvalue weighted by atomic mass is 9.64. The number of hydrogen-bond acceptors (Lipinski definition) is 3. The quantitative estimate of drug-likeness (QED) is 0.822. The molecule has 1 rings (SSSR count). The van der Waals surface area contributed by atoms with Gasteiger partial charge in [-0.2, -0.15) is 0 Å². The Hall–Kier alpha value is -1.51. The summed E-state index contributed by atoms with van der Waals surface area (Å²) in [4.78, 5) is 11.4. The van der Waals surface area contributed by atoms with E-state index in [-0.39, 0.29) is 5.75 Å². The number of carbonyl (C=O) groups excluding carboxylic acids is 1. The van der Waals surface area contributed by atoms with Crippen molar-refractivity contribution in [1.29, 1.82) is 0 Å². The van der Waals surface area contributed by atoms with E-state index in [0.29, 0.717) is 5.56 Å². The largest absolute Gasteiger partial charge is 0.549 e. The summed E-state index contributed by atoms with van der Waals surface area (Å²) in [5, 5.41) is 20.6. The van der Waals surface area contributed by atoms with Crippen molar-refractivity contribution >= 4 is 5.97 Å². The normalized spacial score (nSPS) is 15.5. The predicted octanol–water partition coefficient (Wildman–Crippen LogP) is 1.45. The number of hydrogen-bond donors (Lipinski definition) is 1. The van der Waals surface area contributed by atoms with Gasteiger partial charge in [0, 0.05) is 5.41 Å². The Kier molecular flexibility index (Phi) is 2.99. The second-order valence-electron chi connectivity index (χ2n) is 5.21. The first-order chi connectivity index (χ1) is 7.19. The van der Waals surface area contributed by atoms with Gasteiger partial charge in [-0.1, -0.05) is 32.9 Å². The third kappa shape index (κ3) is 1.90. The van der Waals surface area contributed by atoms with Gasteiger partial charge in [-0.25, -0.2) is 0 Å². The van der Waals surface area contributed by atoms with Gasteiger partial charge < -0.3 is 15.0 Å². The Labute approximate surface area is 95.7 Å². The summed E-state index contributed by atoms with van der Waals surface area (Å²) in [6, 6.07) is 6.22. The fourth-order valence-corrected chi connectivity index (χ4v) is 1.65. The van der Waals surface area contributed by atoms with Gasteiger partial charge in [0.25, 0.3) is 0 Å². The molecule has 1 atom stereocenters. The first-order valence-electron chi connectivity index (χ1n) is 5.20. The van der Waals surface area contributed by atoms with E-state index >= 15 is 0 Å². The van der Waals surface area contributed by atoms with Gasteiger partial charge >= 0.3 is 0 Å². The molecule has 1 aromatic rings. The van der Waals surface area contributed by atoms with Crippen molar-refractivity contribution in [2.24, 2.45) is 5.41 Å². The van der Waals surface area contributed by atoms with Crippen LogP contribution in [0.25, 0.3) is 0 Å². The third-order valence-electron chi connectivity index (χ3n) is 3.35. The van der Waals surface area contributed by atoms with Crippen LogP contribution in [-0.4, -0.2) is 11.1 Å². The molecule has 0 aliphatic rings. The van der Waals surface area contributed by atoms with Crippen molar-refractivity contribution in [2.75, 3.05) is 0 Å². The zero-order valence-electron chi connectivity index (χ0n) is 10.1. The number of rotatable bonds is 2. The van der Waals surface area contributed by atoms with Crippen molar-refractivity contribution < 1.29 is 15.0 Å². The van der Waals surface area contributed by atoms with E-state index in [1.165, 1.54) is 12.1 Å². The lowest BCUT2D eigenvalue weighted by molar-refractivity contribution is -0.317. The summed E-state index contributed by atoms with van der Waals surface area (Å²) in [5.74, 6) is -0.982. The number of carboxylic acid groups (broad SMARTS) is 1. The lowest BCUT2D eigenvalue weighted by Crippen LogP contribution is -2.51. The zero-order chi connectivity index (χ0) is 12.6. The van der Waals surface area contributed by atoms with Crippen LogP contribution in [0.15, 0.2) is 24.3 Å². The highest BCUT2D eigenvalue weighted by Gasteiger charge is 2.40. The van der Waals surface area contributed by atoms with Crippen LogP contribution in [-0.2, 0) is 10.2 Å². The van der Waals surface area contributed by atoms with Crippen molar-refractivity contribution in [2.45, 2.75) is 33.1 Å². The van der Waals surface area contributed by atoms with Crippen molar-refractivity contribution in [3.63, 3.8) is 0 Å². The number of aromatic hydroxyl groups is 1. The molecule has 0 amide bonds. The first-order valence-corrected chi connectivity index (χ1v) is 5.20. The Morgan fingerprint density at radius 1 is 1.12 bits per heavy atom. The number of benzene rings is 1. The molecule has 3 heteroatoms. The van der Waals surface area contributed by atoms with Gasteiger partial charge in [-0.05, 0) is 30.0 Å². The number of phenols is 1. The molecule has 0 saturated carbocycles. The molecule has 0 radical (unpaired) electrons. The monoisotopic (exact) mass is 221 g/mol. The molecule has 0 saturated heterocycles. The van der Waals surface area contributed by atoms with Crippen LogP contribution < -0.4 is 5.11 Å². The molecule has 1 aromatic carbocycles. The summed E-state index contributed by atoms with van der Waals surface area (Å²) >= 11 is 0. The van der Waals surface area contributed by atoms with Crippen LogP contribution in [0, 0.1) is 5.41 Å². The van der Waals surface area contributed by atoms with Crippen molar-refractivity contribution in [3.8, 4) is 5.75 Å². The topological polar surface area (TPSA) is 60.4 Å². The van der Waals surface area contributed by atoms with E-state index < -0.39 is 16.8 Å². The second-order valence-corrected chi connectivity index (χ2v) is 5.21. The molecule has 0 heterocycles. The van der Waals surface area contributed by atoms with E-state index in [4.69, 9.17) is 0 Å². The van der Waals surface area contributed by atoms with Crippen LogP contribution >= 0.6 is 0 Å². The van der Waals surface area contributed by atoms with E-state index in [2.05, 4.69) is 0 Å². The molecule has 3 nitrogen and oxygen atoms in total. The first kappa shape index (κ1) is 12.6. The van der Waals surface area contributed by atoms with Gasteiger partial charge in [-0.15, -0.1) is 0 Å². The fraction of sp³-hybridized carbons (Fsp3) is 0.462. The van der Waals surface area contributed by atoms with Gasteiger partial charge in [0.2, 0.25) is 0 Å². The van der Waals surface area contributed by atoms with Crippen LogP contribution in [0.1, 0.15) is 33.3 Å². The summed E-state index contributed by atoms with van der Waals surface area (Å²) in [6.45, 7) is 7.22. The Bertz CT molecular complexity index is 387. The highest BCUT2D eigenvalue weighted by molar-refractivity contribution is 5.80. The zero-order valence-corrected chi connectivity index (χ0v) is 10.1. The van der Waals surface area contributed by atoms with Crippen LogP contribution in [0.3, 0.4) is 0 Å². The minimum absolute atomic E-state index is 0.123. The van der Waals surface area contributed by atoms with Crippen LogP contribution in [0.5, 0.6) is 5.75 Å². The predicted molar refractivity (Wildman–Crippen MR) is 59.9 cm³/mol.